The number of hydrogen-bond acceptors (Lipinski definition) is 2. The zero-order valence-corrected chi connectivity index (χ0v) is 13.2. The maximum Gasteiger partial charge on any atom is 0.0953 e. The van der Waals surface area contributed by atoms with Gasteiger partial charge in [-0.05, 0) is 38.3 Å². The van der Waals surface area contributed by atoms with Gasteiger partial charge in [-0.3, -0.25) is 0 Å². The Labute approximate surface area is 123 Å². The van der Waals surface area contributed by atoms with E-state index in [1.165, 1.54) is 43.2 Å². The van der Waals surface area contributed by atoms with Gasteiger partial charge in [0.15, 0.2) is 0 Å². The van der Waals surface area contributed by atoms with Crippen LogP contribution in [-0.4, -0.2) is 19.7 Å². The van der Waals surface area contributed by atoms with Crippen molar-refractivity contribution >= 4 is 0 Å². The molecular formula is C18H29NO. The Morgan fingerprint density at radius 1 is 1.30 bits per heavy atom. The fraction of sp³-hybridized carbons (Fsp3) is 0.667. The molecule has 0 aliphatic heterocycles. The van der Waals surface area contributed by atoms with Crippen molar-refractivity contribution in [2.24, 2.45) is 5.92 Å². The molecule has 0 heterocycles. The molecule has 2 rings (SSSR count). The number of aryl methyl sites for hydroxylation is 1. The van der Waals surface area contributed by atoms with Gasteiger partial charge in [0.1, 0.15) is 0 Å². The molecule has 1 saturated carbocycles. The normalized spacial score (nSPS) is 24.6. The van der Waals surface area contributed by atoms with Crippen LogP contribution in [0, 0.1) is 12.8 Å². The lowest BCUT2D eigenvalue weighted by Crippen LogP contribution is -2.32. The van der Waals surface area contributed by atoms with Gasteiger partial charge >= 0.3 is 0 Å². The minimum absolute atomic E-state index is 0.178. The number of hydrogen-bond donors (Lipinski definition) is 1. The first-order chi connectivity index (χ1) is 9.74. The number of nitrogens with one attached hydrogen (secondary N) is 1. The van der Waals surface area contributed by atoms with Crippen LogP contribution in [0.3, 0.4) is 0 Å². The molecule has 2 nitrogen and oxygen atoms in total. The Morgan fingerprint density at radius 2 is 2.10 bits per heavy atom. The van der Waals surface area contributed by atoms with Crippen LogP contribution in [-0.2, 0) is 4.74 Å². The maximum atomic E-state index is 6.51. The molecule has 0 radical (unpaired) electrons. The Morgan fingerprint density at radius 3 is 2.80 bits per heavy atom. The highest BCUT2D eigenvalue weighted by atomic mass is 16.5. The molecule has 0 saturated heterocycles. The van der Waals surface area contributed by atoms with Crippen molar-refractivity contribution in [2.45, 2.75) is 58.2 Å². The number of rotatable bonds is 6. The van der Waals surface area contributed by atoms with E-state index in [1.807, 2.05) is 7.05 Å². The molecule has 1 N–H and O–H groups in total. The van der Waals surface area contributed by atoms with Crippen LogP contribution in [0.2, 0.25) is 0 Å². The second-order valence-electron chi connectivity index (χ2n) is 6.09. The van der Waals surface area contributed by atoms with Crippen molar-refractivity contribution in [3.63, 3.8) is 0 Å². The second-order valence-corrected chi connectivity index (χ2v) is 6.09. The van der Waals surface area contributed by atoms with Crippen molar-refractivity contribution < 1.29 is 4.74 Å². The molecule has 20 heavy (non-hydrogen) atoms. The Bertz CT molecular complexity index is 404. The predicted octanol–water partition coefficient (Wildman–Crippen LogP) is 4.24. The van der Waals surface area contributed by atoms with E-state index in [4.69, 9.17) is 4.74 Å². The Balaban J connectivity index is 2.08. The molecule has 1 aromatic rings. The third-order valence-electron chi connectivity index (χ3n) is 4.51. The summed E-state index contributed by atoms with van der Waals surface area (Å²) < 4.78 is 6.51. The average Bonchev–Trinajstić information content (AvgIpc) is 2.47. The van der Waals surface area contributed by atoms with Crippen molar-refractivity contribution in [1.29, 1.82) is 0 Å². The summed E-state index contributed by atoms with van der Waals surface area (Å²) in [6.45, 7) is 5.33. The summed E-state index contributed by atoms with van der Waals surface area (Å²) in [5.41, 5.74) is 2.61. The van der Waals surface area contributed by atoms with Gasteiger partial charge in [-0.1, -0.05) is 56.0 Å². The van der Waals surface area contributed by atoms with E-state index in [0.717, 1.165) is 12.5 Å². The third kappa shape index (κ3) is 4.07. The summed E-state index contributed by atoms with van der Waals surface area (Å²) in [7, 11) is 2.00. The lowest BCUT2D eigenvalue weighted by atomic mass is 9.84. The molecule has 0 bridgehead atoms. The van der Waals surface area contributed by atoms with Gasteiger partial charge in [-0.25, -0.2) is 0 Å². The van der Waals surface area contributed by atoms with Crippen LogP contribution >= 0.6 is 0 Å². The number of benzene rings is 1. The lowest BCUT2D eigenvalue weighted by Gasteiger charge is -2.34. The molecule has 3 unspecified atom stereocenters. The van der Waals surface area contributed by atoms with Gasteiger partial charge < -0.3 is 10.1 Å². The highest BCUT2D eigenvalue weighted by molar-refractivity contribution is 5.24. The predicted molar refractivity (Wildman–Crippen MR) is 85.0 cm³/mol. The summed E-state index contributed by atoms with van der Waals surface area (Å²) in [6, 6.07) is 8.73. The Hall–Kier alpha value is -0.860. The molecule has 3 atom stereocenters. The molecule has 1 fully saturated rings. The fourth-order valence-corrected chi connectivity index (χ4v) is 3.33. The van der Waals surface area contributed by atoms with Gasteiger partial charge in [-0.2, -0.15) is 0 Å². The van der Waals surface area contributed by atoms with Gasteiger partial charge in [0.05, 0.1) is 12.2 Å². The van der Waals surface area contributed by atoms with Crippen molar-refractivity contribution in [1.82, 2.24) is 5.32 Å². The third-order valence-corrected chi connectivity index (χ3v) is 4.51. The van der Waals surface area contributed by atoms with Gasteiger partial charge in [0.2, 0.25) is 0 Å². The summed E-state index contributed by atoms with van der Waals surface area (Å²) in [4.78, 5) is 0. The van der Waals surface area contributed by atoms with Gasteiger partial charge in [0.25, 0.3) is 0 Å². The van der Waals surface area contributed by atoms with Gasteiger partial charge in [0, 0.05) is 6.54 Å². The second kappa shape index (κ2) is 7.80. The van der Waals surface area contributed by atoms with Crippen LogP contribution < -0.4 is 5.32 Å². The zero-order chi connectivity index (χ0) is 14.4. The minimum atomic E-state index is 0.178. The molecule has 0 spiro atoms. The first-order valence-electron chi connectivity index (χ1n) is 8.11. The highest BCUT2D eigenvalue weighted by Gasteiger charge is 2.27. The van der Waals surface area contributed by atoms with E-state index < -0.39 is 0 Å². The van der Waals surface area contributed by atoms with Crippen molar-refractivity contribution in [2.75, 3.05) is 13.6 Å². The van der Waals surface area contributed by atoms with E-state index in [-0.39, 0.29) is 6.10 Å². The standard InChI is InChI=1S/C18H29NO/c1-4-15-9-5-6-11-17(15)20-18(13-19-3)16-10-7-8-14(2)12-16/h7-8,10,12,15,17-19H,4-6,9,11,13H2,1-3H3. The minimum Gasteiger partial charge on any atom is -0.369 e. The first kappa shape index (κ1) is 15.5. The molecule has 1 aliphatic carbocycles. The lowest BCUT2D eigenvalue weighted by molar-refractivity contribution is -0.0610. The molecule has 0 aromatic heterocycles. The van der Waals surface area contributed by atoms with Crippen molar-refractivity contribution in [3.8, 4) is 0 Å². The van der Waals surface area contributed by atoms with Crippen LogP contribution in [0.25, 0.3) is 0 Å². The van der Waals surface area contributed by atoms with Crippen LogP contribution in [0.5, 0.6) is 0 Å². The van der Waals surface area contributed by atoms with E-state index in [2.05, 4.69) is 43.4 Å². The van der Waals surface area contributed by atoms with E-state index in [9.17, 15) is 0 Å². The van der Waals surface area contributed by atoms with Gasteiger partial charge in [-0.15, -0.1) is 0 Å². The maximum absolute atomic E-state index is 6.51. The number of ether oxygens (including phenoxy) is 1. The van der Waals surface area contributed by atoms with E-state index in [1.54, 1.807) is 0 Å². The topological polar surface area (TPSA) is 21.3 Å². The van der Waals surface area contributed by atoms with Crippen LogP contribution in [0.1, 0.15) is 56.3 Å². The Kier molecular flexibility index (Phi) is 6.06. The largest absolute Gasteiger partial charge is 0.369 e. The zero-order valence-electron chi connectivity index (χ0n) is 13.2. The molecule has 2 heteroatoms. The molecule has 1 aliphatic rings. The van der Waals surface area contributed by atoms with Crippen LogP contribution in [0.15, 0.2) is 24.3 Å². The highest BCUT2D eigenvalue weighted by Crippen LogP contribution is 2.32. The van der Waals surface area contributed by atoms with Crippen LogP contribution in [0.4, 0.5) is 0 Å². The van der Waals surface area contributed by atoms with Crippen molar-refractivity contribution in [3.05, 3.63) is 35.4 Å². The summed E-state index contributed by atoms with van der Waals surface area (Å²) in [5.74, 6) is 0.743. The summed E-state index contributed by atoms with van der Waals surface area (Å²) in [6.07, 6.45) is 7.11. The summed E-state index contributed by atoms with van der Waals surface area (Å²) in [5, 5.41) is 3.28. The molecule has 1 aromatic carbocycles. The summed E-state index contributed by atoms with van der Waals surface area (Å²) >= 11 is 0. The molecule has 0 amide bonds. The van der Waals surface area contributed by atoms with E-state index in [0.29, 0.717) is 6.10 Å². The monoisotopic (exact) mass is 275 g/mol. The quantitative estimate of drug-likeness (QED) is 0.838. The smallest absolute Gasteiger partial charge is 0.0953 e. The molecule has 112 valence electrons. The van der Waals surface area contributed by atoms with E-state index >= 15 is 0 Å². The first-order valence-corrected chi connectivity index (χ1v) is 8.11. The SMILES string of the molecule is CCC1CCCCC1OC(CNC)c1cccc(C)c1. The fourth-order valence-electron chi connectivity index (χ4n) is 3.33. The average molecular weight is 275 g/mol. The number of likely N-dealkylation sites (N-methyl/N-ethyl adjacent to an activating group) is 1. The molecular weight excluding hydrogens is 246 g/mol.